The molecule has 2 rings (SSSR count). The number of methoxy groups -OCH3 is 1. The second-order valence-electron chi connectivity index (χ2n) is 4.37. The fraction of sp³-hybridized carbons (Fsp3) is 0.357. The number of rotatable bonds is 5. The lowest BCUT2D eigenvalue weighted by Crippen LogP contribution is -2.43. The maximum absolute atomic E-state index is 12.1. The monoisotopic (exact) mass is 292 g/mol. The lowest BCUT2D eigenvalue weighted by molar-refractivity contribution is -0.147. The predicted octanol–water partition coefficient (Wildman–Crippen LogP) is 1.32. The first kappa shape index (κ1) is 14.6. The molecule has 0 aliphatic carbocycles. The highest BCUT2D eigenvalue weighted by Crippen LogP contribution is 2.10. The van der Waals surface area contributed by atoms with Gasteiger partial charge in [0.05, 0.1) is 12.3 Å². The lowest BCUT2D eigenvalue weighted by atomic mass is 10.0. The minimum Gasteiger partial charge on any atom is -0.460 e. The average Bonchev–Trinajstić information content (AvgIpc) is 2.46. The molecule has 1 N–H and O–H groups in total. The Kier molecular flexibility index (Phi) is 5.20. The van der Waals surface area contributed by atoms with Crippen molar-refractivity contribution < 1.29 is 14.3 Å². The van der Waals surface area contributed by atoms with Crippen molar-refractivity contribution in [2.75, 3.05) is 20.3 Å². The third kappa shape index (κ3) is 3.85. The molecule has 0 fully saturated rings. The van der Waals surface area contributed by atoms with E-state index in [1.807, 2.05) is 30.3 Å². The molecule has 0 spiro atoms. The van der Waals surface area contributed by atoms with Crippen molar-refractivity contribution in [3.05, 3.63) is 35.9 Å². The van der Waals surface area contributed by atoms with Crippen molar-refractivity contribution in [1.82, 2.24) is 5.32 Å². The second kappa shape index (κ2) is 7.12. The summed E-state index contributed by atoms with van der Waals surface area (Å²) in [6.45, 7) is 0.919. The smallest absolute Gasteiger partial charge is 0.316 e. The van der Waals surface area contributed by atoms with Gasteiger partial charge in [0.15, 0.2) is 5.11 Å². The van der Waals surface area contributed by atoms with Crippen molar-refractivity contribution in [2.24, 2.45) is 10.9 Å². The molecule has 0 aromatic heterocycles. The number of nitrogens with zero attached hydrogens (tertiary/aromatic N) is 1. The number of benzene rings is 1. The van der Waals surface area contributed by atoms with Crippen LogP contribution in [0.2, 0.25) is 0 Å². The molecule has 1 aromatic carbocycles. The number of carbonyl (C=O) groups excluding carboxylic acids is 1. The minimum absolute atomic E-state index is 0.251. The highest BCUT2D eigenvalue weighted by Gasteiger charge is 2.29. The quantitative estimate of drug-likeness (QED) is 0.655. The van der Waals surface area contributed by atoms with Crippen molar-refractivity contribution in [3.8, 4) is 0 Å². The minimum atomic E-state index is -0.453. The van der Waals surface area contributed by atoms with E-state index in [2.05, 4.69) is 10.3 Å². The zero-order valence-electron chi connectivity index (χ0n) is 11.2. The molecule has 0 amide bonds. The molecular formula is C14H16N2O3S. The Morgan fingerprint density at radius 3 is 2.85 bits per heavy atom. The number of hydrogen-bond acceptors (Lipinski definition) is 4. The SMILES string of the molecule is COCC1=NC(=S)NCC1C(=O)OCc1ccccc1. The van der Waals surface area contributed by atoms with Gasteiger partial charge >= 0.3 is 5.97 Å². The van der Waals surface area contributed by atoms with Crippen LogP contribution in [0.15, 0.2) is 35.3 Å². The van der Waals surface area contributed by atoms with Gasteiger partial charge in [0.2, 0.25) is 0 Å². The first-order valence-electron chi connectivity index (χ1n) is 6.25. The van der Waals surface area contributed by atoms with Crippen molar-refractivity contribution in [2.45, 2.75) is 6.61 Å². The van der Waals surface area contributed by atoms with Gasteiger partial charge in [-0.1, -0.05) is 30.3 Å². The van der Waals surface area contributed by atoms with Crippen LogP contribution in [0, 0.1) is 5.92 Å². The summed E-state index contributed by atoms with van der Waals surface area (Å²) in [5.74, 6) is -0.773. The van der Waals surface area contributed by atoms with Crippen LogP contribution in [-0.4, -0.2) is 37.1 Å². The summed E-state index contributed by atoms with van der Waals surface area (Å²) in [6, 6.07) is 9.54. The molecule has 5 nitrogen and oxygen atoms in total. The van der Waals surface area contributed by atoms with Crippen LogP contribution in [0.5, 0.6) is 0 Å². The first-order valence-corrected chi connectivity index (χ1v) is 6.66. The summed E-state index contributed by atoms with van der Waals surface area (Å²) in [4.78, 5) is 16.3. The highest BCUT2D eigenvalue weighted by molar-refractivity contribution is 7.80. The Hall–Kier alpha value is -1.79. The third-order valence-corrected chi connectivity index (χ3v) is 3.14. The van der Waals surface area contributed by atoms with E-state index in [-0.39, 0.29) is 19.2 Å². The van der Waals surface area contributed by atoms with Gasteiger partial charge in [-0.2, -0.15) is 0 Å². The highest BCUT2D eigenvalue weighted by atomic mass is 32.1. The van der Waals surface area contributed by atoms with Crippen LogP contribution in [-0.2, 0) is 20.9 Å². The molecule has 106 valence electrons. The second-order valence-corrected chi connectivity index (χ2v) is 4.75. The molecule has 0 radical (unpaired) electrons. The molecule has 1 atom stereocenters. The number of aliphatic imine (C=N–C) groups is 1. The van der Waals surface area contributed by atoms with E-state index in [1.54, 1.807) is 7.11 Å². The van der Waals surface area contributed by atoms with E-state index in [0.29, 0.717) is 17.4 Å². The standard InChI is InChI=1S/C14H16N2O3S/c1-18-9-12-11(7-15-14(20)16-12)13(17)19-8-10-5-3-2-4-6-10/h2-6,11H,7-9H2,1H3,(H,15,20). The van der Waals surface area contributed by atoms with E-state index in [1.165, 1.54) is 0 Å². The van der Waals surface area contributed by atoms with Gasteiger partial charge in [-0.3, -0.25) is 4.79 Å². The molecule has 6 heteroatoms. The number of carbonyl (C=O) groups is 1. The topological polar surface area (TPSA) is 59.9 Å². The van der Waals surface area contributed by atoms with Gasteiger partial charge in [0, 0.05) is 13.7 Å². The Bertz CT molecular complexity index is 516. The Morgan fingerprint density at radius 2 is 2.15 bits per heavy atom. The van der Waals surface area contributed by atoms with Crippen LogP contribution in [0.1, 0.15) is 5.56 Å². The molecule has 0 bridgehead atoms. The molecule has 1 heterocycles. The van der Waals surface area contributed by atoms with Crippen LogP contribution < -0.4 is 5.32 Å². The number of nitrogens with one attached hydrogen (secondary N) is 1. The fourth-order valence-electron chi connectivity index (χ4n) is 1.88. The van der Waals surface area contributed by atoms with Crippen molar-refractivity contribution in [3.63, 3.8) is 0 Å². The van der Waals surface area contributed by atoms with Gasteiger partial charge in [-0.25, -0.2) is 4.99 Å². The summed E-state index contributed by atoms with van der Waals surface area (Å²) in [6.07, 6.45) is 0. The number of thiocarbonyl (C=S) groups is 1. The number of ether oxygens (including phenoxy) is 2. The van der Waals surface area contributed by atoms with E-state index in [4.69, 9.17) is 21.7 Å². The molecule has 1 aliphatic rings. The van der Waals surface area contributed by atoms with Crippen LogP contribution in [0.4, 0.5) is 0 Å². The van der Waals surface area contributed by atoms with Gasteiger partial charge in [0.1, 0.15) is 12.5 Å². The maximum Gasteiger partial charge on any atom is 0.316 e. The average molecular weight is 292 g/mol. The molecule has 1 aliphatic heterocycles. The molecule has 1 aromatic rings. The van der Waals surface area contributed by atoms with Crippen molar-refractivity contribution >= 4 is 29.0 Å². The molecule has 20 heavy (non-hydrogen) atoms. The van der Waals surface area contributed by atoms with E-state index < -0.39 is 5.92 Å². The van der Waals surface area contributed by atoms with Gasteiger partial charge in [-0.05, 0) is 17.8 Å². The third-order valence-electron chi connectivity index (χ3n) is 2.91. The summed E-state index contributed by atoms with van der Waals surface area (Å²) >= 11 is 4.97. The van der Waals surface area contributed by atoms with Gasteiger partial charge in [-0.15, -0.1) is 0 Å². The largest absolute Gasteiger partial charge is 0.460 e. The molecule has 0 saturated heterocycles. The molecule has 0 saturated carbocycles. The number of hydrogen-bond donors (Lipinski definition) is 1. The van der Waals surface area contributed by atoms with Gasteiger partial charge < -0.3 is 14.8 Å². The van der Waals surface area contributed by atoms with E-state index in [0.717, 1.165) is 5.56 Å². The van der Waals surface area contributed by atoms with E-state index in [9.17, 15) is 4.79 Å². The number of esters is 1. The zero-order valence-corrected chi connectivity index (χ0v) is 12.0. The summed E-state index contributed by atoms with van der Waals surface area (Å²) in [5.41, 5.74) is 1.56. The summed E-state index contributed by atoms with van der Waals surface area (Å²) in [5, 5.41) is 3.27. The molecule has 1 unspecified atom stereocenters. The Labute approximate surface area is 123 Å². The Balaban J connectivity index is 1.97. The van der Waals surface area contributed by atoms with Crippen LogP contribution in [0.25, 0.3) is 0 Å². The van der Waals surface area contributed by atoms with Crippen molar-refractivity contribution in [1.29, 1.82) is 0 Å². The van der Waals surface area contributed by atoms with Crippen LogP contribution >= 0.6 is 12.2 Å². The lowest BCUT2D eigenvalue weighted by Gasteiger charge is -2.22. The summed E-state index contributed by atoms with van der Waals surface area (Å²) in [7, 11) is 1.56. The van der Waals surface area contributed by atoms with E-state index >= 15 is 0 Å². The maximum atomic E-state index is 12.1. The van der Waals surface area contributed by atoms with Gasteiger partial charge in [0.25, 0.3) is 0 Å². The molecular weight excluding hydrogens is 276 g/mol. The normalized spacial score (nSPS) is 18.1. The predicted molar refractivity (Wildman–Crippen MR) is 79.6 cm³/mol. The first-order chi connectivity index (χ1) is 9.70. The van der Waals surface area contributed by atoms with Crippen LogP contribution in [0.3, 0.4) is 0 Å². The summed E-state index contributed by atoms with van der Waals surface area (Å²) < 4.78 is 10.4. The zero-order chi connectivity index (χ0) is 14.4. The fourth-order valence-corrected chi connectivity index (χ4v) is 2.09. The Morgan fingerprint density at radius 1 is 1.40 bits per heavy atom.